The van der Waals surface area contributed by atoms with Gasteiger partial charge in [0.25, 0.3) is 0 Å². The Morgan fingerprint density at radius 2 is 1.83 bits per heavy atom. The molecule has 4 heteroatoms. The first-order valence-corrected chi connectivity index (χ1v) is 11.0. The average Bonchev–Trinajstić information content (AvgIpc) is 3.28. The van der Waals surface area contributed by atoms with E-state index >= 15 is 0 Å². The Kier molecular flexibility index (Phi) is 6.17. The number of amides is 1. The highest BCUT2D eigenvalue weighted by Crippen LogP contribution is 2.31. The molecule has 154 valence electrons. The Labute approximate surface area is 174 Å². The number of benzene rings is 1. The number of piperidine rings is 1. The SMILES string of the molecule is COc1ccc(Cc2cc(C)nc([C@@H]3CCCN(C(=O)C4CCCC4)C3)c2)cc1. The highest BCUT2D eigenvalue weighted by atomic mass is 16.5. The van der Waals surface area contributed by atoms with Gasteiger partial charge in [0, 0.05) is 36.3 Å². The van der Waals surface area contributed by atoms with Gasteiger partial charge in [-0.2, -0.15) is 0 Å². The molecule has 2 aromatic rings. The van der Waals surface area contributed by atoms with Crippen molar-refractivity contribution < 1.29 is 9.53 Å². The van der Waals surface area contributed by atoms with Crippen molar-refractivity contribution in [1.29, 1.82) is 0 Å². The molecule has 1 aromatic carbocycles. The molecule has 1 atom stereocenters. The van der Waals surface area contributed by atoms with Crippen LogP contribution in [0.15, 0.2) is 36.4 Å². The minimum atomic E-state index is 0.268. The first kappa shape index (κ1) is 19.9. The fourth-order valence-corrected chi connectivity index (χ4v) is 4.91. The molecule has 4 nitrogen and oxygen atoms in total. The van der Waals surface area contributed by atoms with Gasteiger partial charge in [-0.25, -0.2) is 0 Å². The van der Waals surface area contributed by atoms with Crippen molar-refractivity contribution in [2.24, 2.45) is 5.92 Å². The zero-order valence-electron chi connectivity index (χ0n) is 17.7. The van der Waals surface area contributed by atoms with Crippen LogP contribution in [0.1, 0.15) is 67.0 Å². The number of methoxy groups -OCH3 is 1. The molecule has 29 heavy (non-hydrogen) atoms. The van der Waals surface area contributed by atoms with E-state index in [2.05, 4.69) is 36.1 Å². The fourth-order valence-electron chi connectivity index (χ4n) is 4.91. The van der Waals surface area contributed by atoms with Crippen LogP contribution in [0, 0.1) is 12.8 Å². The van der Waals surface area contributed by atoms with Crippen LogP contribution in [0.2, 0.25) is 0 Å². The second-order valence-electron chi connectivity index (χ2n) is 8.67. The molecule has 0 unspecified atom stereocenters. The fraction of sp³-hybridized carbons (Fsp3) is 0.520. The molecule has 0 bridgehead atoms. The van der Waals surface area contributed by atoms with E-state index in [0.29, 0.717) is 11.8 Å². The van der Waals surface area contributed by atoms with Gasteiger partial charge in [0.15, 0.2) is 0 Å². The summed E-state index contributed by atoms with van der Waals surface area (Å²) in [5.74, 6) is 1.89. The quantitative estimate of drug-likeness (QED) is 0.728. The zero-order valence-corrected chi connectivity index (χ0v) is 17.7. The highest BCUT2D eigenvalue weighted by molar-refractivity contribution is 5.79. The minimum absolute atomic E-state index is 0.268. The maximum atomic E-state index is 12.9. The van der Waals surface area contributed by atoms with E-state index in [9.17, 15) is 4.79 Å². The van der Waals surface area contributed by atoms with Crippen LogP contribution >= 0.6 is 0 Å². The van der Waals surface area contributed by atoms with Gasteiger partial charge in [-0.1, -0.05) is 25.0 Å². The molecular weight excluding hydrogens is 360 g/mol. The summed E-state index contributed by atoms with van der Waals surface area (Å²) in [6, 6.07) is 12.7. The Hall–Kier alpha value is -2.36. The summed E-state index contributed by atoms with van der Waals surface area (Å²) in [7, 11) is 1.69. The summed E-state index contributed by atoms with van der Waals surface area (Å²) < 4.78 is 5.26. The van der Waals surface area contributed by atoms with Crippen molar-refractivity contribution in [3.05, 3.63) is 58.9 Å². The summed E-state index contributed by atoms with van der Waals surface area (Å²) in [5, 5.41) is 0. The maximum Gasteiger partial charge on any atom is 0.225 e. The summed E-state index contributed by atoms with van der Waals surface area (Å²) in [6.45, 7) is 3.81. The second-order valence-corrected chi connectivity index (χ2v) is 8.67. The number of hydrogen-bond donors (Lipinski definition) is 0. The van der Waals surface area contributed by atoms with E-state index in [0.717, 1.165) is 62.3 Å². The van der Waals surface area contributed by atoms with Gasteiger partial charge >= 0.3 is 0 Å². The van der Waals surface area contributed by atoms with Crippen LogP contribution in [0.4, 0.5) is 0 Å². The molecule has 0 radical (unpaired) electrons. The molecule has 0 spiro atoms. The molecule has 1 amide bonds. The lowest BCUT2D eigenvalue weighted by molar-refractivity contribution is -0.136. The summed E-state index contributed by atoms with van der Waals surface area (Å²) in [5.41, 5.74) is 4.77. The Bertz CT molecular complexity index is 840. The predicted molar refractivity (Wildman–Crippen MR) is 115 cm³/mol. The maximum absolute atomic E-state index is 12.9. The number of pyridine rings is 1. The van der Waals surface area contributed by atoms with Crippen LogP contribution in [0.5, 0.6) is 5.75 Å². The second kappa shape index (κ2) is 8.98. The first-order chi connectivity index (χ1) is 14.1. The first-order valence-electron chi connectivity index (χ1n) is 11.0. The van der Waals surface area contributed by atoms with Gasteiger partial charge in [-0.3, -0.25) is 9.78 Å². The molecule has 1 aliphatic heterocycles. The molecule has 2 heterocycles. The minimum Gasteiger partial charge on any atom is -0.497 e. The number of aromatic nitrogens is 1. The summed E-state index contributed by atoms with van der Waals surface area (Å²) in [6.07, 6.45) is 7.66. The van der Waals surface area contributed by atoms with Gasteiger partial charge in [0.1, 0.15) is 5.75 Å². The number of aryl methyl sites for hydroxylation is 1. The van der Waals surface area contributed by atoms with E-state index < -0.39 is 0 Å². The number of ether oxygens (including phenoxy) is 1. The Morgan fingerprint density at radius 1 is 1.07 bits per heavy atom. The lowest BCUT2D eigenvalue weighted by Crippen LogP contribution is -2.42. The third-order valence-corrected chi connectivity index (χ3v) is 6.46. The largest absolute Gasteiger partial charge is 0.497 e. The van der Waals surface area contributed by atoms with Crippen LogP contribution in [-0.4, -0.2) is 36.0 Å². The normalized spacial score (nSPS) is 20.1. The van der Waals surface area contributed by atoms with Crippen LogP contribution in [0.3, 0.4) is 0 Å². The molecule has 1 aromatic heterocycles. The number of hydrogen-bond acceptors (Lipinski definition) is 3. The van der Waals surface area contributed by atoms with Crippen molar-refractivity contribution >= 4 is 5.91 Å². The molecular formula is C25H32N2O2. The lowest BCUT2D eigenvalue weighted by Gasteiger charge is -2.34. The van der Waals surface area contributed by atoms with Crippen LogP contribution in [0.25, 0.3) is 0 Å². The van der Waals surface area contributed by atoms with Gasteiger partial charge in [0.2, 0.25) is 5.91 Å². The molecule has 1 saturated carbocycles. The zero-order chi connectivity index (χ0) is 20.2. The highest BCUT2D eigenvalue weighted by Gasteiger charge is 2.31. The number of rotatable bonds is 5. The summed E-state index contributed by atoms with van der Waals surface area (Å²) >= 11 is 0. The standard InChI is InChI=1S/C25H32N2O2/c1-18-14-20(15-19-9-11-23(29-2)12-10-19)16-24(26-18)22-8-5-13-27(17-22)25(28)21-6-3-4-7-21/h9-12,14,16,21-22H,3-8,13,15,17H2,1-2H3/t22-/m1/s1. The molecule has 2 aliphatic rings. The van der Waals surface area contributed by atoms with E-state index in [1.54, 1.807) is 7.11 Å². The van der Waals surface area contributed by atoms with Crippen LogP contribution < -0.4 is 4.74 Å². The molecule has 1 aliphatic carbocycles. The Balaban J connectivity index is 1.47. The average molecular weight is 393 g/mol. The Morgan fingerprint density at radius 3 is 2.55 bits per heavy atom. The van der Waals surface area contributed by atoms with E-state index in [1.165, 1.54) is 24.0 Å². The third-order valence-electron chi connectivity index (χ3n) is 6.46. The van der Waals surface area contributed by atoms with E-state index in [4.69, 9.17) is 9.72 Å². The predicted octanol–water partition coefficient (Wildman–Crippen LogP) is 4.89. The molecule has 1 saturated heterocycles. The van der Waals surface area contributed by atoms with Gasteiger partial charge in [0.05, 0.1) is 7.11 Å². The van der Waals surface area contributed by atoms with Crippen molar-refractivity contribution in [3.8, 4) is 5.75 Å². The topological polar surface area (TPSA) is 42.4 Å². The van der Waals surface area contributed by atoms with Crippen molar-refractivity contribution in [2.75, 3.05) is 20.2 Å². The van der Waals surface area contributed by atoms with Crippen molar-refractivity contribution in [2.45, 2.75) is 57.8 Å². The molecule has 0 N–H and O–H groups in total. The lowest BCUT2D eigenvalue weighted by atomic mass is 9.91. The number of carbonyl (C=O) groups excluding carboxylic acids is 1. The van der Waals surface area contributed by atoms with Crippen LogP contribution in [-0.2, 0) is 11.2 Å². The smallest absolute Gasteiger partial charge is 0.225 e. The molecule has 4 rings (SSSR count). The van der Waals surface area contributed by atoms with Gasteiger partial charge in [-0.15, -0.1) is 0 Å². The third kappa shape index (κ3) is 4.80. The van der Waals surface area contributed by atoms with E-state index in [-0.39, 0.29) is 5.92 Å². The number of likely N-dealkylation sites (tertiary alicyclic amines) is 1. The number of nitrogens with zero attached hydrogens (tertiary/aromatic N) is 2. The molecule has 2 fully saturated rings. The van der Waals surface area contributed by atoms with Gasteiger partial charge < -0.3 is 9.64 Å². The van der Waals surface area contributed by atoms with E-state index in [1.807, 2.05) is 12.1 Å². The monoisotopic (exact) mass is 392 g/mol. The number of carbonyl (C=O) groups is 1. The van der Waals surface area contributed by atoms with Crippen molar-refractivity contribution in [3.63, 3.8) is 0 Å². The van der Waals surface area contributed by atoms with Crippen molar-refractivity contribution in [1.82, 2.24) is 9.88 Å². The van der Waals surface area contributed by atoms with Gasteiger partial charge in [-0.05, 0) is 74.4 Å². The summed E-state index contributed by atoms with van der Waals surface area (Å²) in [4.78, 5) is 19.9.